The van der Waals surface area contributed by atoms with Crippen molar-refractivity contribution >= 4 is 122 Å². The van der Waals surface area contributed by atoms with Crippen molar-refractivity contribution in [1.82, 2.24) is 0 Å². The van der Waals surface area contributed by atoms with Gasteiger partial charge in [-0.15, -0.1) is 22.7 Å². The molecular weight excluding hydrogens is 993 g/mol. The van der Waals surface area contributed by atoms with Crippen LogP contribution in [0, 0.1) is 0 Å². The van der Waals surface area contributed by atoms with E-state index in [4.69, 9.17) is 28.7 Å². The number of hydrogen-bond donors (Lipinski definition) is 1. The molecule has 0 spiro atoms. The molecule has 7 heterocycles. The fraction of sp³-hybridized carbons (Fsp3) is 0.271. The van der Waals surface area contributed by atoms with E-state index in [1.807, 2.05) is 46.6 Å². The van der Waals surface area contributed by atoms with E-state index in [9.17, 15) is 29.1 Å². The third-order valence-electron chi connectivity index (χ3n) is 10.3. The summed E-state index contributed by atoms with van der Waals surface area (Å²) in [6.45, 7) is 6.91. The number of ketones is 2. The van der Waals surface area contributed by atoms with E-state index in [0.29, 0.717) is 24.2 Å². The van der Waals surface area contributed by atoms with Crippen molar-refractivity contribution in [2.75, 3.05) is 6.61 Å². The van der Waals surface area contributed by atoms with Crippen LogP contribution in [0.1, 0.15) is 128 Å². The second-order valence-electron chi connectivity index (χ2n) is 14.1. The molecule has 6 atom stereocenters. The molecule has 0 bridgehead atoms. The van der Waals surface area contributed by atoms with Crippen LogP contribution in [0.2, 0.25) is 0 Å². The molecule has 0 fully saturated rings. The van der Waals surface area contributed by atoms with Crippen molar-refractivity contribution in [1.29, 1.82) is 0 Å². The predicted octanol–water partition coefficient (Wildman–Crippen LogP) is 12.1. The zero-order valence-corrected chi connectivity index (χ0v) is 41.9. The molecule has 9 rings (SSSR count). The van der Waals surface area contributed by atoms with Gasteiger partial charge < -0.3 is 14.6 Å². The molecule has 0 aliphatic heterocycles. The molecule has 0 saturated heterocycles. The zero-order chi connectivity index (χ0) is 48.7. The summed E-state index contributed by atoms with van der Waals surface area (Å²) in [7, 11) is 0. The highest BCUT2D eigenvalue weighted by Gasteiger charge is 2.52. The smallest absolute Gasteiger partial charge is 0.373 e. The van der Waals surface area contributed by atoms with Crippen LogP contribution in [0.4, 0.5) is 0 Å². The minimum atomic E-state index is -1.01. The first kappa shape index (κ1) is 54.0. The summed E-state index contributed by atoms with van der Waals surface area (Å²) >= 11 is 10.8. The Kier molecular flexibility index (Phi) is 23.0. The fourth-order valence-corrected chi connectivity index (χ4v) is 12.9. The standard InChI is InChI=1S/C15H18O2S2.C12H10O4S2.C12H6O2S2.C7H10S.2CO2/c1-3-13(11-5-7-18-9-11)14(15(16)17-4-2)12-6-8-19-10-12;13-7-16-11(9-2-4-18-6-9)10(12(14)15)8-1-3-17-5-8;13-9-7-5-1-3-15-11(5)10(14)8(7)6-2-4-16-12(6)9;1-2-3-7-4-5-8-6-7;2*2-1-3/h5-10,13-14H,3-4H2,1-2H3;1-7,10-11H,(H,14,15);1-4,7-8H;4-6H,2-3H2,1H3;;. The molecule has 6 unspecified atom stereocenters. The summed E-state index contributed by atoms with van der Waals surface area (Å²) in [5.41, 5.74) is 7.04. The Morgan fingerprint density at radius 3 is 1.48 bits per heavy atom. The van der Waals surface area contributed by atoms with E-state index < -0.39 is 18.0 Å². The van der Waals surface area contributed by atoms with E-state index in [2.05, 4.69) is 52.9 Å². The van der Waals surface area contributed by atoms with Crippen LogP contribution in [0.15, 0.2) is 107 Å². The maximum absolute atomic E-state index is 12.3. The lowest BCUT2D eigenvalue weighted by Gasteiger charge is -2.23. The van der Waals surface area contributed by atoms with E-state index in [1.165, 1.54) is 69.3 Å². The van der Waals surface area contributed by atoms with Crippen LogP contribution < -0.4 is 0 Å². The lowest BCUT2D eigenvalue weighted by molar-refractivity contribution is -0.193. The molecule has 350 valence electrons. The number of hydrogen-bond acceptors (Lipinski definition) is 18. The Bertz CT molecular complexity index is 2540. The van der Waals surface area contributed by atoms with Crippen LogP contribution in [0.5, 0.6) is 0 Å². The number of aliphatic carboxylic acids is 1. The summed E-state index contributed by atoms with van der Waals surface area (Å²) in [5, 5.41) is 32.9. The highest BCUT2D eigenvalue weighted by atomic mass is 32.1. The maximum atomic E-state index is 12.3. The fourth-order valence-electron chi connectivity index (χ4n) is 7.59. The molecule has 1 N–H and O–H groups in total. The normalized spacial score (nSPS) is 15.2. The summed E-state index contributed by atoms with van der Waals surface area (Å²) in [5.74, 6) is -2.14. The molecule has 7 aromatic rings. The quantitative estimate of drug-likeness (QED) is 0.0802. The van der Waals surface area contributed by atoms with Gasteiger partial charge in [0.2, 0.25) is 0 Å². The average Bonchev–Trinajstić information content (AvgIpc) is 4.17. The topological polar surface area (TPSA) is 192 Å². The Labute approximate surface area is 414 Å². The summed E-state index contributed by atoms with van der Waals surface area (Å²) in [6.07, 6.45) is 3.14. The van der Waals surface area contributed by atoms with E-state index in [-0.39, 0.29) is 53.5 Å². The summed E-state index contributed by atoms with van der Waals surface area (Å²) in [6, 6.07) is 13.7. The van der Waals surface area contributed by atoms with Gasteiger partial charge in [0, 0.05) is 11.5 Å². The summed E-state index contributed by atoms with van der Waals surface area (Å²) < 4.78 is 10.3. The highest BCUT2D eigenvalue weighted by Crippen LogP contribution is 2.54. The SMILES string of the molecule is CCCc1ccsc1.CCOC(=O)C(c1ccsc1)C(CC)c1ccsc1.O=C1c2sccc2C2C(=O)c3sccc3C12.O=C=O.O=C=O.O=COC(c1ccsc1)C(C(=O)O)c1ccsc1. The van der Waals surface area contributed by atoms with Gasteiger partial charge >= 0.3 is 24.2 Å². The monoisotopic (exact) mass is 1040 g/mol. The van der Waals surface area contributed by atoms with E-state index in [1.54, 1.807) is 62.3 Å². The molecule has 0 radical (unpaired) electrons. The number of carbonyl (C=O) groups is 5. The number of carboxylic acid groups (broad SMARTS) is 1. The number of carboxylic acids is 1. The van der Waals surface area contributed by atoms with Crippen molar-refractivity contribution in [2.24, 2.45) is 0 Å². The molecule has 7 aromatic heterocycles. The number of aryl methyl sites for hydroxylation is 1. The van der Waals surface area contributed by atoms with Crippen LogP contribution in [-0.4, -0.2) is 54.0 Å². The van der Waals surface area contributed by atoms with Crippen LogP contribution >= 0.6 is 79.4 Å². The van der Waals surface area contributed by atoms with Gasteiger partial charge in [-0.1, -0.05) is 20.3 Å². The first-order valence-electron chi connectivity index (χ1n) is 20.4. The van der Waals surface area contributed by atoms with Gasteiger partial charge in [0.05, 0.1) is 34.1 Å². The van der Waals surface area contributed by atoms with Crippen molar-refractivity contribution in [3.63, 3.8) is 0 Å². The van der Waals surface area contributed by atoms with E-state index >= 15 is 0 Å². The van der Waals surface area contributed by atoms with Gasteiger partial charge in [0.1, 0.15) is 12.0 Å². The average molecular weight is 1040 g/mol. The third kappa shape index (κ3) is 14.2. The number of rotatable bonds is 14. The number of ether oxygens (including phenoxy) is 2. The van der Waals surface area contributed by atoms with Crippen molar-refractivity contribution in [2.45, 2.75) is 75.7 Å². The Hall–Kier alpha value is -5.59. The highest BCUT2D eigenvalue weighted by molar-refractivity contribution is 7.13. The second-order valence-corrected chi connectivity index (χ2v) is 19.8. The molecule has 2 aliphatic rings. The van der Waals surface area contributed by atoms with Gasteiger partial charge in [-0.25, -0.2) is 0 Å². The molecule has 19 heteroatoms. The molecular formula is C48H44O12S7. The molecule has 67 heavy (non-hydrogen) atoms. The Morgan fingerprint density at radius 1 is 0.642 bits per heavy atom. The minimum absolute atomic E-state index is 0.112. The number of Topliss-reactive ketones (excluding diaryl/α,β-unsaturated/α-hetero) is 2. The predicted molar refractivity (Wildman–Crippen MR) is 261 cm³/mol. The number of esters is 1. The van der Waals surface area contributed by atoms with Crippen LogP contribution in [0.3, 0.4) is 0 Å². The van der Waals surface area contributed by atoms with Crippen molar-refractivity contribution in [3.05, 3.63) is 156 Å². The zero-order valence-electron chi connectivity index (χ0n) is 36.1. The lowest BCUT2D eigenvalue weighted by atomic mass is 9.82. The number of carbonyl (C=O) groups excluding carboxylic acids is 8. The number of fused-ring (bicyclic) bond motifs is 5. The first-order valence-corrected chi connectivity index (χ1v) is 26.8. The lowest BCUT2D eigenvalue weighted by Crippen LogP contribution is -2.22. The number of thiophene rings is 7. The van der Waals surface area contributed by atoms with Crippen molar-refractivity contribution < 1.29 is 57.7 Å². The minimum Gasteiger partial charge on any atom is -0.481 e. The molecule has 12 nitrogen and oxygen atoms in total. The Morgan fingerprint density at radius 2 is 1.09 bits per heavy atom. The summed E-state index contributed by atoms with van der Waals surface area (Å²) in [4.78, 5) is 92.8. The van der Waals surface area contributed by atoms with Gasteiger partial charge in [0.15, 0.2) is 11.6 Å². The van der Waals surface area contributed by atoms with Gasteiger partial charge in [-0.05, 0) is 160 Å². The second kappa shape index (κ2) is 28.6. The molecule has 0 amide bonds. The molecule has 2 aliphatic carbocycles. The molecule has 0 saturated carbocycles. The third-order valence-corrected chi connectivity index (χ3v) is 15.8. The van der Waals surface area contributed by atoms with Gasteiger partial charge in [0.25, 0.3) is 6.47 Å². The van der Waals surface area contributed by atoms with E-state index in [0.717, 1.165) is 32.9 Å². The largest absolute Gasteiger partial charge is 0.481 e. The van der Waals surface area contributed by atoms with Crippen LogP contribution in [-0.2, 0) is 49.5 Å². The Balaban J connectivity index is 0.000000193. The van der Waals surface area contributed by atoms with Crippen LogP contribution in [0.25, 0.3) is 0 Å². The van der Waals surface area contributed by atoms with Crippen molar-refractivity contribution in [3.8, 4) is 0 Å². The van der Waals surface area contributed by atoms with Gasteiger partial charge in [-0.3, -0.25) is 24.0 Å². The first-order chi connectivity index (χ1) is 32.6. The molecule has 0 aromatic carbocycles. The van der Waals surface area contributed by atoms with Gasteiger partial charge in [-0.2, -0.15) is 75.9 Å². The maximum Gasteiger partial charge on any atom is 0.373 e.